The molecular weight excluding hydrogens is 290 g/mol. The number of ether oxygens (including phenoxy) is 1. The molecule has 0 aliphatic rings. The van der Waals surface area contributed by atoms with E-state index >= 15 is 0 Å². The van der Waals surface area contributed by atoms with Gasteiger partial charge in [0.05, 0.1) is 23.7 Å². The number of benzene rings is 2. The average molecular weight is 303 g/mol. The number of H-pyrrole nitrogens is 1. The van der Waals surface area contributed by atoms with Crippen LogP contribution in [0.2, 0.25) is 0 Å². The Morgan fingerprint density at radius 2 is 2.00 bits per heavy atom. The van der Waals surface area contributed by atoms with Crippen molar-refractivity contribution < 1.29 is 9.53 Å². The van der Waals surface area contributed by atoms with E-state index < -0.39 is 0 Å². The van der Waals surface area contributed by atoms with Gasteiger partial charge < -0.3 is 4.74 Å². The largest absolute Gasteiger partial charge is 0.465 e. The normalized spacial score (nSPS) is 11.0. The molecule has 0 atom stereocenters. The van der Waals surface area contributed by atoms with Crippen LogP contribution in [0.25, 0.3) is 33.1 Å². The maximum absolute atomic E-state index is 11.7. The Morgan fingerprint density at radius 3 is 2.87 bits per heavy atom. The summed E-state index contributed by atoms with van der Waals surface area (Å²) in [6.45, 7) is 0. The third-order valence-corrected chi connectivity index (χ3v) is 3.85. The molecule has 2 aromatic carbocycles. The predicted molar refractivity (Wildman–Crippen MR) is 88.2 cm³/mol. The van der Waals surface area contributed by atoms with Crippen molar-refractivity contribution in [1.82, 2.24) is 15.2 Å². The third kappa shape index (κ3) is 2.23. The standard InChI is InChI=1S/C18H13N3O2/c1-23-18(22)12-6-7-16-14(9-12)17(21-20-16)13-8-11-4-2-3-5-15(11)19-10-13/h2-10H,1H3,(H,20,21). The number of aromatic nitrogens is 3. The monoisotopic (exact) mass is 303 g/mol. The number of hydrogen-bond donors (Lipinski definition) is 1. The number of carbonyl (C=O) groups is 1. The Balaban J connectivity index is 1.91. The van der Waals surface area contributed by atoms with Crippen LogP contribution >= 0.6 is 0 Å². The van der Waals surface area contributed by atoms with Crippen LogP contribution < -0.4 is 0 Å². The van der Waals surface area contributed by atoms with Gasteiger partial charge in [-0.2, -0.15) is 5.10 Å². The van der Waals surface area contributed by atoms with Crippen molar-refractivity contribution in [2.24, 2.45) is 0 Å². The molecule has 0 unspecified atom stereocenters. The van der Waals surface area contributed by atoms with Gasteiger partial charge in [-0.15, -0.1) is 0 Å². The lowest BCUT2D eigenvalue weighted by Gasteiger charge is -2.02. The molecule has 0 amide bonds. The summed E-state index contributed by atoms with van der Waals surface area (Å²) in [5, 5.41) is 9.28. The molecule has 0 fully saturated rings. The van der Waals surface area contributed by atoms with Gasteiger partial charge in [-0.1, -0.05) is 18.2 Å². The van der Waals surface area contributed by atoms with Crippen LogP contribution in [0.1, 0.15) is 10.4 Å². The highest BCUT2D eigenvalue weighted by molar-refractivity contribution is 6.00. The van der Waals surface area contributed by atoms with Crippen LogP contribution in [0, 0.1) is 0 Å². The number of aromatic amines is 1. The third-order valence-electron chi connectivity index (χ3n) is 3.85. The van der Waals surface area contributed by atoms with Gasteiger partial charge in [-0.3, -0.25) is 10.1 Å². The van der Waals surface area contributed by atoms with Crippen molar-refractivity contribution in [3.8, 4) is 11.3 Å². The Morgan fingerprint density at radius 1 is 1.13 bits per heavy atom. The number of nitrogens with zero attached hydrogens (tertiary/aromatic N) is 2. The second kappa shape index (κ2) is 5.21. The first-order valence-electron chi connectivity index (χ1n) is 7.18. The molecule has 5 heteroatoms. The first kappa shape index (κ1) is 13.5. The lowest BCUT2D eigenvalue weighted by Crippen LogP contribution is -2.00. The lowest BCUT2D eigenvalue weighted by molar-refractivity contribution is 0.0601. The summed E-state index contributed by atoms with van der Waals surface area (Å²) in [6, 6.07) is 15.3. The highest BCUT2D eigenvalue weighted by atomic mass is 16.5. The minimum Gasteiger partial charge on any atom is -0.465 e. The fraction of sp³-hybridized carbons (Fsp3) is 0.0556. The fourth-order valence-electron chi connectivity index (χ4n) is 2.68. The second-order valence-corrected chi connectivity index (χ2v) is 5.24. The summed E-state index contributed by atoms with van der Waals surface area (Å²) in [6.07, 6.45) is 1.79. The van der Waals surface area contributed by atoms with E-state index in [2.05, 4.69) is 15.2 Å². The summed E-state index contributed by atoms with van der Waals surface area (Å²) in [5.74, 6) is -0.365. The lowest BCUT2D eigenvalue weighted by atomic mass is 10.1. The molecule has 0 radical (unpaired) electrons. The number of hydrogen-bond acceptors (Lipinski definition) is 4. The van der Waals surface area contributed by atoms with E-state index in [9.17, 15) is 4.79 Å². The SMILES string of the molecule is COC(=O)c1ccc2[nH]nc(-c3cnc4ccccc4c3)c2c1. The van der Waals surface area contributed by atoms with E-state index in [0.29, 0.717) is 5.56 Å². The minimum atomic E-state index is -0.365. The van der Waals surface area contributed by atoms with E-state index in [0.717, 1.165) is 33.1 Å². The van der Waals surface area contributed by atoms with Crippen molar-refractivity contribution in [2.45, 2.75) is 0 Å². The Labute approximate surface area is 131 Å². The first-order valence-corrected chi connectivity index (χ1v) is 7.18. The van der Waals surface area contributed by atoms with Gasteiger partial charge in [-0.05, 0) is 30.3 Å². The first-order chi connectivity index (χ1) is 11.3. The molecule has 0 aliphatic carbocycles. The summed E-state index contributed by atoms with van der Waals surface area (Å²) in [5.41, 5.74) is 3.96. The average Bonchev–Trinajstić information content (AvgIpc) is 3.03. The van der Waals surface area contributed by atoms with E-state index in [1.54, 1.807) is 18.3 Å². The van der Waals surface area contributed by atoms with E-state index in [1.807, 2.05) is 36.4 Å². The number of rotatable bonds is 2. The molecule has 1 N–H and O–H groups in total. The smallest absolute Gasteiger partial charge is 0.337 e. The van der Waals surface area contributed by atoms with Gasteiger partial charge in [0, 0.05) is 22.5 Å². The minimum absolute atomic E-state index is 0.365. The van der Waals surface area contributed by atoms with Crippen LogP contribution in [0.3, 0.4) is 0 Å². The molecule has 0 spiro atoms. The Hall–Kier alpha value is -3.21. The van der Waals surface area contributed by atoms with Gasteiger partial charge >= 0.3 is 5.97 Å². The second-order valence-electron chi connectivity index (χ2n) is 5.24. The van der Waals surface area contributed by atoms with Crippen LogP contribution in [-0.2, 0) is 4.74 Å². The molecule has 0 saturated heterocycles. The number of nitrogens with one attached hydrogen (secondary N) is 1. The maximum Gasteiger partial charge on any atom is 0.337 e. The molecule has 2 aromatic heterocycles. The highest BCUT2D eigenvalue weighted by Gasteiger charge is 2.13. The topological polar surface area (TPSA) is 67.9 Å². The quantitative estimate of drug-likeness (QED) is 0.575. The molecule has 0 aliphatic heterocycles. The van der Waals surface area contributed by atoms with Gasteiger partial charge in [0.2, 0.25) is 0 Å². The molecule has 2 heterocycles. The summed E-state index contributed by atoms with van der Waals surface area (Å²) in [7, 11) is 1.37. The summed E-state index contributed by atoms with van der Waals surface area (Å²) < 4.78 is 4.78. The molecule has 5 nitrogen and oxygen atoms in total. The number of fused-ring (bicyclic) bond motifs is 2. The van der Waals surface area contributed by atoms with Crippen LogP contribution in [-0.4, -0.2) is 28.3 Å². The number of carbonyl (C=O) groups excluding carboxylic acids is 1. The van der Waals surface area contributed by atoms with Gasteiger partial charge in [0.15, 0.2) is 0 Å². The van der Waals surface area contributed by atoms with Gasteiger partial charge in [0.25, 0.3) is 0 Å². The van der Waals surface area contributed by atoms with Crippen LogP contribution in [0.5, 0.6) is 0 Å². The molecule has 112 valence electrons. The molecule has 4 rings (SSSR count). The Kier molecular flexibility index (Phi) is 3.05. The summed E-state index contributed by atoms with van der Waals surface area (Å²) >= 11 is 0. The highest BCUT2D eigenvalue weighted by Crippen LogP contribution is 2.28. The van der Waals surface area contributed by atoms with Crippen molar-refractivity contribution in [3.63, 3.8) is 0 Å². The molecular formula is C18H13N3O2. The van der Waals surface area contributed by atoms with E-state index in [1.165, 1.54) is 7.11 Å². The zero-order valence-electron chi connectivity index (χ0n) is 12.4. The van der Waals surface area contributed by atoms with Crippen molar-refractivity contribution in [3.05, 3.63) is 60.3 Å². The van der Waals surface area contributed by atoms with Crippen molar-refractivity contribution in [1.29, 1.82) is 0 Å². The predicted octanol–water partition coefficient (Wildman–Crippen LogP) is 3.56. The number of pyridine rings is 1. The summed E-state index contributed by atoms with van der Waals surface area (Å²) in [4.78, 5) is 16.2. The molecule has 0 saturated carbocycles. The molecule has 4 aromatic rings. The van der Waals surface area contributed by atoms with E-state index in [4.69, 9.17) is 4.74 Å². The van der Waals surface area contributed by atoms with Crippen molar-refractivity contribution >= 4 is 27.8 Å². The zero-order valence-corrected chi connectivity index (χ0v) is 12.4. The van der Waals surface area contributed by atoms with E-state index in [-0.39, 0.29) is 5.97 Å². The van der Waals surface area contributed by atoms with Crippen molar-refractivity contribution in [2.75, 3.05) is 7.11 Å². The fourth-order valence-corrected chi connectivity index (χ4v) is 2.68. The molecule has 23 heavy (non-hydrogen) atoms. The van der Waals surface area contributed by atoms with Crippen LogP contribution in [0.4, 0.5) is 0 Å². The van der Waals surface area contributed by atoms with Gasteiger partial charge in [0.1, 0.15) is 5.69 Å². The Bertz CT molecular complexity index is 1040. The number of methoxy groups -OCH3 is 1. The van der Waals surface area contributed by atoms with Crippen LogP contribution in [0.15, 0.2) is 54.7 Å². The number of esters is 1. The number of para-hydroxylation sites is 1. The zero-order chi connectivity index (χ0) is 15.8. The van der Waals surface area contributed by atoms with Gasteiger partial charge in [-0.25, -0.2) is 4.79 Å². The molecule has 0 bridgehead atoms. The maximum atomic E-state index is 11.7.